The van der Waals surface area contributed by atoms with E-state index in [1.165, 1.54) is 6.92 Å². The lowest BCUT2D eigenvalue weighted by molar-refractivity contribution is -0.139. The highest BCUT2D eigenvalue weighted by Gasteiger charge is 2.25. The van der Waals surface area contributed by atoms with Crippen LogP contribution in [-0.2, 0) is 9.59 Å². The van der Waals surface area contributed by atoms with Crippen molar-refractivity contribution in [2.45, 2.75) is 51.1 Å². The summed E-state index contributed by atoms with van der Waals surface area (Å²) in [6, 6.07) is -0.489. The third kappa shape index (κ3) is 4.18. The Hall–Kier alpha value is -1.10. The number of carboxylic acids is 1. The quantitative estimate of drug-likeness (QED) is 0.652. The molecule has 0 aromatic carbocycles. The average Bonchev–Trinajstić information content (AvgIpc) is 2.20. The van der Waals surface area contributed by atoms with Crippen molar-refractivity contribution >= 4 is 11.9 Å². The summed E-state index contributed by atoms with van der Waals surface area (Å²) in [6.07, 6.45) is 4.30. The molecule has 0 saturated heterocycles. The van der Waals surface area contributed by atoms with Crippen LogP contribution in [-0.4, -0.2) is 29.1 Å². The van der Waals surface area contributed by atoms with E-state index in [1.807, 2.05) is 0 Å². The second kappa shape index (κ2) is 5.84. The molecular weight excluding hydrogens is 208 g/mol. The summed E-state index contributed by atoms with van der Waals surface area (Å²) < 4.78 is 0. The van der Waals surface area contributed by atoms with Gasteiger partial charge in [-0.05, 0) is 38.0 Å². The van der Waals surface area contributed by atoms with Gasteiger partial charge in [-0.15, -0.1) is 0 Å². The molecule has 0 radical (unpaired) electrons. The van der Waals surface area contributed by atoms with Gasteiger partial charge >= 0.3 is 5.97 Å². The number of carboxylic acid groups (broad SMARTS) is 1. The van der Waals surface area contributed by atoms with E-state index in [0.717, 1.165) is 25.7 Å². The van der Waals surface area contributed by atoms with Crippen LogP contribution >= 0.6 is 0 Å². The van der Waals surface area contributed by atoms with Gasteiger partial charge in [-0.3, -0.25) is 9.59 Å². The molecule has 0 spiro atoms. The third-order valence-electron chi connectivity index (χ3n) is 3.16. The van der Waals surface area contributed by atoms with Crippen molar-refractivity contribution in [1.82, 2.24) is 5.32 Å². The van der Waals surface area contributed by atoms with Crippen molar-refractivity contribution in [2.24, 2.45) is 11.7 Å². The van der Waals surface area contributed by atoms with Gasteiger partial charge in [0.05, 0.1) is 0 Å². The highest BCUT2D eigenvalue weighted by Crippen LogP contribution is 2.27. The van der Waals surface area contributed by atoms with Gasteiger partial charge < -0.3 is 16.2 Å². The van der Waals surface area contributed by atoms with E-state index in [1.54, 1.807) is 0 Å². The van der Waals surface area contributed by atoms with Crippen molar-refractivity contribution in [3.05, 3.63) is 0 Å². The minimum absolute atomic E-state index is 0.00527. The normalized spacial score (nSPS) is 27.1. The number of aliphatic carboxylic acids is 1. The van der Waals surface area contributed by atoms with E-state index in [9.17, 15) is 9.59 Å². The van der Waals surface area contributed by atoms with Crippen molar-refractivity contribution in [1.29, 1.82) is 0 Å². The summed E-state index contributed by atoms with van der Waals surface area (Å²) >= 11 is 0. The van der Waals surface area contributed by atoms with Crippen LogP contribution in [0.1, 0.15) is 39.0 Å². The van der Waals surface area contributed by atoms with Crippen molar-refractivity contribution < 1.29 is 14.7 Å². The molecule has 1 saturated carbocycles. The van der Waals surface area contributed by atoms with Crippen LogP contribution in [0, 0.1) is 5.92 Å². The Morgan fingerprint density at radius 2 is 1.94 bits per heavy atom. The lowest BCUT2D eigenvalue weighted by Crippen LogP contribution is -2.38. The standard InChI is InChI=1S/C11H20N2O3/c1-7(14)13-9-4-2-8(3-5-9)6-10(12)11(15)16/h8-10H,2-6,12H2,1H3,(H,13,14)(H,15,16). The third-order valence-corrected chi connectivity index (χ3v) is 3.16. The molecule has 0 heterocycles. The predicted molar refractivity (Wildman–Crippen MR) is 59.8 cm³/mol. The summed E-state index contributed by atoms with van der Waals surface area (Å²) in [7, 11) is 0. The van der Waals surface area contributed by atoms with Gasteiger partial charge in [-0.25, -0.2) is 0 Å². The van der Waals surface area contributed by atoms with Crippen molar-refractivity contribution in [3.8, 4) is 0 Å². The predicted octanol–water partition coefficient (Wildman–Crippen LogP) is 0.483. The molecule has 1 fully saturated rings. The molecule has 0 aromatic heterocycles. The number of carbonyl (C=O) groups excluding carboxylic acids is 1. The minimum Gasteiger partial charge on any atom is -0.480 e. The number of rotatable bonds is 4. The van der Waals surface area contributed by atoms with E-state index >= 15 is 0 Å². The topological polar surface area (TPSA) is 92.4 Å². The number of amides is 1. The van der Waals surface area contributed by atoms with Crippen LogP contribution in [0.15, 0.2) is 0 Å². The second-order valence-corrected chi connectivity index (χ2v) is 4.60. The first-order valence-corrected chi connectivity index (χ1v) is 5.74. The smallest absolute Gasteiger partial charge is 0.320 e. The van der Waals surface area contributed by atoms with E-state index in [4.69, 9.17) is 10.8 Å². The Morgan fingerprint density at radius 1 is 1.38 bits per heavy atom. The van der Waals surface area contributed by atoms with Crippen LogP contribution in [0.25, 0.3) is 0 Å². The molecule has 4 N–H and O–H groups in total. The number of nitrogens with one attached hydrogen (secondary N) is 1. The lowest BCUT2D eigenvalue weighted by atomic mass is 9.82. The molecule has 1 aliphatic rings. The Bertz CT molecular complexity index is 260. The zero-order chi connectivity index (χ0) is 12.1. The first kappa shape index (κ1) is 13.0. The Labute approximate surface area is 95.4 Å². The summed E-state index contributed by atoms with van der Waals surface area (Å²) in [5, 5.41) is 11.6. The molecule has 1 aliphatic carbocycles. The molecule has 0 bridgehead atoms. The Balaban J connectivity index is 2.26. The van der Waals surface area contributed by atoms with Gasteiger partial charge in [0.15, 0.2) is 0 Å². The summed E-state index contributed by atoms with van der Waals surface area (Å²) in [4.78, 5) is 21.5. The largest absolute Gasteiger partial charge is 0.480 e. The Kier molecular flexibility index (Phi) is 4.73. The monoisotopic (exact) mass is 228 g/mol. The molecule has 5 nitrogen and oxygen atoms in total. The van der Waals surface area contributed by atoms with Gasteiger partial charge in [-0.2, -0.15) is 0 Å². The number of nitrogens with two attached hydrogens (primary N) is 1. The second-order valence-electron chi connectivity index (χ2n) is 4.60. The van der Waals surface area contributed by atoms with Crippen LogP contribution in [0.2, 0.25) is 0 Å². The van der Waals surface area contributed by atoms with Crippen LogP contribution in [0.3, 0.4) is 0 Å². The maximum atomic E-state index is 10.9. The van der Waals surface area contributed by atoms with E-state index in [-0.39, 0.29) is 11.9 Å². The zero-order valence-electron chi connectivity index (χ0n) is 9.61. The fourth-order valence-electron chi connectivity index (χ4n) is 2.29. The van der Waals surface area contributed by atoms with E-state index in [2.05, 4.69) is 5.32 Å². The SMILES string of the molecule is CC(=O)NC1CCC(CC(N)C(=O)O)CC1. The number of carbonyl (C=O) groups is 2. The molecule has 1 rings (SSSR count). The zero-order valence-corrected chi connectivity index (χ0v) is 9.61. The first-order valence-electron chi connectivity index (χ1n) is 5.74. The highest BCUT2D eigenvalue weighted by molar-refractivity contribution is 5.73. The number of hydrogen-bond donors (Lipinski definition) is 3. The van der Waals surface area contributed by atoms with Crippen LogP contribution in [0.5, 0.6) is 0 Å². The summed E-state index contributed by atoms with van der Waals surface area (Å²) in [5.41, 5.74) is 5.49. The van der Waals surface area contributed by atoms with Gasteiger partial charge in [0.1, 0.15) is 6.04 Å². The molecule has 0 aliphatic heterocycles. The highest BCUT2D eigenvalue weighted by atomic mass is 16.4. The molecule has 1 unspecified atom stereocenters. The van der Waals surface area contributed by atoms with Crippen LogP contribution < -0.4 is 11.1 Å². The number of hydrogen-bond acceptors (Lipinski definition) is 3. The maximum absolute atomic E-state index is 10.9. The van der Waals surface area contributed by atoms with Gasteiger partial charge in [-0.1, -0.05) is 0 Å². The molecule has 5 heteroatoms. The minimum atomic E-state index is -0.927. The molecular formula is C11H20N2O3. The summed E-state index contributed by atoms with van der Waals surface area (Å²) in [6.45, 7) is 1.52. The van der Waals surface area contributed by atoms with Crippen molar-refractivity contribution in [3.63, 3.8) is 0 Å². The molecule has 92 valence electrons. The molecule has 1 atom stereocenters. The van der Waals surface area contributed by atoms with Crippen LogP contribution in [0.4, 0.5) is 0 Å². The molecule has 16 heavy (non-hydrogen) atoms. The average molecular weight is 228 g/mol. The van der Waals surface area contributed by atoms with E-state index < -0.39 is 12.0 Å². The molecule has 0 aromatic rings. The fraction of sp³-hybridized carbons (Fsp3) is 0.818. The lowest BCUT2D eigenvalue weighted by Gasteiger charge is -2.29. The summed E-state index contributed by atoms with van der Waals surface area (Å²) in [5.74, 6) is -0.536. The first-order chi connectivity index (χ1) is 7.49. The van der Waals surface area contributed by atoms with Gasteiger partial charge in [0.2, 0.25) is 5.91 Å². The Morgan fingerprint density at radius 3 is 2.38 bits per heavy atom. The molecule has 1 amide bonds. The van der Waals surface area contributed by atoms with Crippen molar-refractivity contribution in [2.75, 3.05) is 0 Å². The van der Waals surface area contributed by atoms with E-state index in [0.29, 0.717) is 12.3 Å². The van der Waals surface area contributed by atoms with Gasteiger partial charge in [0.25, 0.3) is 0 Å². The maximum Gasteiger partial charge on any atom is 0.320 e. The van der Waals surface area contributed by atoms with Gasteiger partial charge in [0, 0.05) is 13.0 Å². The fourth-order valence-corrected chi connectivity index (χ4v) is 2.29.